The lowest BCUT2D eigenvalue weighted by Crippen LogP contribution is -2.03. The molecule has 1 aromatic carbocycles. The zero-order valence-corrected chi connectivity index (χ0v) is 10.1. The number of aromatic carboxylic acids is 1. The van der Waals surface area contributed by atoms with Crippen molar-refractivity contribution in [2.45, 2.75) is 0 Å². The summed E-state index contributed by atoms with van der Waals surface area (Å²) in [6.07, 6.45) is 0.571. The molecule has 1 heterocycles. The molecular weight excluding hydrogens is 288 g/mol. The average Bonchev–Trinajstić information content (AvgIpc) is 2.74. The summed E-state index contributed by atoms with van der Waals surface area (Å²) >= 11 is 3.29. The molecule has 0 atom stereocenters. The molecule has 0 aliphatic carbocycles. The fraction of sp³-hybridized carbons (Fsp3) is 0. The van der Waals surface area contributed by atoms with Crippen LogP contribution < -0.4 is 0 Å². The second-order valence-electron chi connectivity index (χ2n) is 3.27. The van der Waals surface area contributed by atoms with Gasteiger partial charge in [0.05, 0.1) is 5.69 Å². The highest BCUT2D eigenvalue weighted by molar-refractivity contribution is 9.10. The summed E-state index contributed by atoms with van der Waals surface area (Å²) in [5.41, 5.74) is 0.669. The number of aldehydes is 1. The Bertz CT molecular complexity index is 575. The van der Waals surface area contributed by atoms with E-state index in [2.05, 4.69) is 21.0 Å². The lowest BCUT2D eigenvalue weighted by atomic mass is 10.3. The van der Waals surface area contributed by atoms with Gasteiger partial charge >= 0.3 is 5.97 Å². The molecule has 6 heteroatoms. The van der Waals surface area contributed by atoms with E-state index < -0.39 is 5.97 Å². The number of hydrogen-bond donors (Lipinski definition) is 1. The van der Waals surface area contributed by atoms with Gasteiger partial charge in [-0.1, -0.05) is 15.9 Å². The first-order chi connectivity index (χ1) is 8.11. The first-order valence-electron chi connectivity index (χ1n) is 4.66. The maximum Gasteiger partial charge on any atom is 0.356 e. The molecular formula is C11H7BrN2O3. The molecule has 1 aromatic heterocycles. The lowest BCUT2D eigenvalue weighted by molar-refractivity contribution is 0.0690. The van der Waals surface area contributed by atoms with E-state index >= 15 is 0 Å². The lowest BCUT2D eigenvalue weighted by Gasteiger charge is -2.02. The van der Waals surface area contributed by atoms with Crippen LogP contribution in [0.5, 0.6) is 0 Å². The quantitative estimate of drug-likeness (QED) is 0.881. The molecule has 86 valence electrons. The number of hydrogen-bond acceptors (Lipinski definition) is 3. The first kappa shape index (κ1) is 11.5. The van der Waals surface area contributed by atoms with Gasteiger partial charge in [0, 0.05) is 10.5 Å². The predicted octanol–water partition coefficient (Wildman–Crippen LogP) is 2.15. The van der Waals surface area contributed by atoms with Crippen LogP contribution >= 0.6 is 15.9 Å². The van der Waals surface area contributed by atoms with Crippen LogP contribution in [0.4, 0.5) is 0 Å². The molecule has 5 nitrogen and oxygen atoms in total. The smallest absolute Gasteiger partial charge is 0.356 e. The van der Waals surface area contributed by atoms with Crippen molar-refractivity contribution in [2.75, 3.05) is 0 Å². The molecule has 17 heavy (non-hydrogen) atoms. The van der Waals surface area contributed by atoms with E-state index in [1.165, 1.54) is 10.7 Å². The molecule has 0 radical (unpaired) electrons. The summed E-state index contributed by atoms with van der Waals surface area (Å²) < 4.78 is 2.18. The van der Waals surface area contributed by atoms with Gasteiger partial charge in [-0.05, 0) is 24.3 Å². The monoisotopic (exact) mass is 294 g/mol. The number of nitrogens with zero attached hydrogens (tertiary/aromatic N) is 2. The van der Waals surface area contributed by atoms with Gasteiger partial charge in [-0.25, -0.2) is 9.48 Å². The summed E-state index contributed by atoms with van der Waals surface area (Å²) in [6.45, 7) is 0. The number of carboxylic acids is 1. The van der Waals surface area contributed by atoms with Crippen molar-refractivity contribution in [2.24, 2.45) is 0 Å². The Kier molecular flexibility index (Phi) is 3.06. The fourth-order valence-corrected chi connectivity index (χ4v) is 1.64. The first-order valence-corrected chi connectivity index (χ1v) is 5.45. The molecule has 0 unspecified atom stereocenters. The fourth-order valence-electron chi connectivity index (χ4n) is 1.37. The Balaban J connectivity index is 2.54. The second kappa shape index (κ2) is 4.50. The minimum absolute atomic E-state index is 0.157. The summed E-state index contributed by atoms with van der Waals surface area (Å²) in [6, 6.07) is 8.26. The Morgan fingerprint density at radius 3 is 2.53 bits per heavy atom. The van der Waals surface area contributed by atoms with Gasteiger partial charge in [0.1, 0.15) is 5.69 Å². The van der Waals surface area contributed by atoms with Crippen LogP contribution in [0.15, 0.2) is 34.8 Å². The van der Waals surface area contributed by atoms with Crippen LogP contribution in [0.2, 0.25) is 0 Å². The zero-order chi connectivity index (χ0) is 12.4. The van der Waals surface area contributed by atoms with Gasteiger partial charge < -0.3 is 5.11 Å². The van der Waals surface area contributed by atoms with Crippen LogP contribution in [0.1, 0.15) is 21.0 Å². The topological polar surface area (TPSA) is 72.2 Å². The summed E-state index contributed by atoms with van der Waals surface area (Å²) in [7, 11) is 0. The van der Waals surface area contributed by atoms with E-state index in [0.29, 0.717) is 12.0 Å². The van der Waals surface area contributed by atoms with Crippen molar-refractivity contribution < 1.29 is 14.7 Å². The number of carboxylic acid groups (broad SMARTS) is 1. The van der Waals surface area contributed by atoms with Crippen molar-refractivity contribution in [3.05, 3.63) is 46.2 Å². The van der Waals surface area contributed by atoms with Gasteiger partial charge in [0.15, 0.2) is 12.0 Å². The molecule has 0 fully saturated rings. The number of halogens is 1. The maximum absolute atomic E-state index is 10.8. The molecule has 0 aliphatic rings. The normalized spacial score (nSPS) is 10.2. The summed E-state index contributed by atoms with van der Waals surface area (Å²) in [4.78, 5) is 21.6. The SMILES string of the molecule is O=Cc1cc(C(=O)O)nn1-c1ccc(Br)cc1. The van der Waals surface area contributed by atoms with Crippen LogP contribution in [-0.4, -0.2) is 27.1 Å². The Labute approximate surface area is 105 Å². The molecule has 0 amide bonds. The van der Waals surface area contributed by atoms with Crippen molar-refractivity contribution >= 4 is 28.2 Å². The van der Waals surface area contributed by atoms with E-state index in [9.17, 15) is 9.59 Å². The molecule has 1 N–H and O–H groups in total. The Morgan fingerprint density at radius 2 is 2.00 bits per heavy atom. The summed E-state index contributed by atoms with van der Waals surface area (Å²) in [5.74, 6) is -1.16. The number of carbonyl (C=O) groups is 2. The van der Waals surface area contributed by atoms with Gasteiger partial charge in [0.2, 0.25) is 0 Å². The molecule has 2 aromatic rings. The highest BCUT2D eigenvalue weighted by Gasteiger charge is 2.13. The Morgan fingerprint density at radius 1 is 1.35 bits per heavy atom. The van der Waals surface area contributed by atoms with Gasteiger partial charge in [-0.15, -0.1) is 0 Å². The third kappa shape index (κ3) is 2.26. The standard InChI is InChI=1S/C11H7BrN2O3/c12-7-1-3-8(4-2-7)14-9(6-15)5-10(13-14)11(16)17/h1-6H,(H,16,17). The highest BCUT2D eigenvalue weighted by atomic mass is 79.9. The number of benzene rings is 1. The largest absolute Gasteiger partial charge is 0.476 e. The van der Waals surface area contributed by atoms with E-state index in [1.807, 2.05) is 0 Å². The zero-order valence-electron chi connectivity index (χ0n) is 8.50. The third-order valence-electron chi connectivity index (χ3n) is 2.15. The van der Waals surface area contributed by atoms with Crippen molar-refractivity contribution in [3.8, 4) is 5.69 Å². The van der Waals surface area contributed by atoms with Crippen LogP contribution in [0, 0.1) is 0 Å². The van der Waals surface area contributed by atoms with Crippen molar-refractivity contribution in [1.29, 1.82) is 0 Å². The van der Waals surface area contributed by atoms with E-state index in [4.69, 9.17) is 5.11 Å². The molecule has 2 rings (SSSR count). The minimum Gasteiger partial charge on any atom is -0.476 e. The van der Waals surface area contributed by atoms with E-state index in [0.717, 1.165) is 4.47 Å². The molecule has 0 bridgehead atoms. The van der Waals surface area contributed by atoms with Gasteiger partial charge in [-0.3, -0.25) is 4.79 Å². The van der Waals surface area contributed by atoms with E-state index in [1.54, 1.807) is 24.3 Å². The minimum atomic E-state index is -1.16. The second-order valence-corrected chi connectivity index (χ2v) is 4.18. The third-order valence-corrected chi connectivity index (χ3v) is 2.68. The van der Waals surface area contributed by atoms with Gasteiger partial charge in [0.25, 0.3) is 0 Å². The van der Waals surface area contributed by atoms with Gasteiger partial charge in [-0.2, -0.15) is 5.10 Å². The molecule has 0 saturated carbocycles. The molecule has 0 saturated heterocycles. The predicted molar refractivity (Wildman–Crippen MR) is 63.6 cm³/mol. The summed E-state index contributed by atoms with van der Waals surface area (Å²) in [5, 5.41) is 12.7. The number of aromatic nitrogens is 2. The molecule has 0 spiro atoms. The highest BCUT2D eigenvalue weighted by Crippen LogP contribution is 2.15. The maximum atomic E-state index is 10.8. The number of carbonyl (C=O) groups excluding carboxylic acids is 1. The van der Waals surface area contributed by atoms with Crippen molar-refractivity contribution in [3.63, 3.8) is 0 Å². The molecule has 0 aliphatic heterocycles. The van der Waals surface area contributed by atoms with E-state index in [-0.39, 0.29) is 11.4 Å². The average molecular weight is 295 g/mol. The number of rotatable bonds is 3. The van der Waals surface area contributed by atoms with Crippen LogP contribution in [-0.2, 0) is 0 Å². The van der Waals surface area contributed by atoms with Crippen LogP contribution in [0.25, 0.3) is 5.69 Å². The van der Waals surface area contributed by atoms with Crippen LogP contribution in [0.3, 0.4) is 0 Å². The van der Waals surface area contributed by atoms with Crippen molar-refractivity contribution in [1.82, 2.24) is 9.78 Å². The Hall–Kier alpha value is -1.95.